The van der Waals surface area contributed by atoms with Crippen molar-refractivity contribution in [3.05, 3.63) is 35.9 Å². The van der Waals surface area contributed by atoms with Crippen molar-refractivity contribution in [2.45, 2.75) is 39.0 Å². The van der Waals surface area contributed by atoms with E-state index in [9.17, 15) is 0 Å². The molecule has 3 atom stereocenters. The van der Waals surface area contributed by atoms with Gasteiger partial charge in [0, 0.05) is 6.54 Å². The topological polar surface area (TPSA) is 12.0 Å². The first-order valence-electron chi connectivity index (χ1n) is 7.03. The number of nitrogens with one attached hydrogen (secondary N) is 1. The average Bonchev–Trinajstić information content (AvgIpc) is 2.76. The fourth-order valence-corrected chi connectivity index (χ4v) is 2.91. The molecular formula is C16H25N. The van der Waals surface area contributed by atoms with Crippen LogP contribution in [0.15, 0.2) is 30.3 Å². The van der Waals surface area contributed by atoms with Crippen molar-refractivity contribution in [2.75, 3.05) is 13.1 Å². The Hall–Kier alpha value is -0.820. The first kappa shape index (κ1) is 12.6. The zero-order chi connectivity index (χ0) is 12.1. The Morgan fingerprint density at radius 3 is 2.65 bits per heavy atom. The molecule has 1 aliphatic carbocycles. The highest BCUT2D eigenvalue weighted by molar-refractivity contribution is 5.18. The molecule has 1 aromatic carbocycles. The largest absolute Gasteiger partial charge is 0.316 e. The zero-order valence-electron chi connectivity index (χ0n) is 11.2. The standard InChI is InChI=1S/C16H25N/c1-13-7-6-10-16(13)12-17-11-14(2)15-8-4-3-5-9-15/h3-5,8-9,13-14,16-17H,6-7,10-12H2,1-2H3. The SMILES string of the molecule is CC(CNCC1CCCC1C)c1ccccc1. The average molecular weight is 231 g/mol. The Morgan fingerprint density at radius 1 is 1.24 bits per heavy atom. The van der Waals surface area contributed by atoms with E-state index < -0.39 is 0 Å². The van der Waals surface area contributed by atoms with Crippen molar-refractivity contribution in [3.8, 4) is 0 Å². The summed E-state index contributed by atoms with van der Waals surface area (Å²) in [6, 6.07) is 10.8. The lowest BCUT2D eigenvalue weighted by Crippen LogP contribution is -2.27. The van der Waals surface area contributed by atoms with E-state index in [-0.39, 0.29) is 0 Å². The molecule has 1 N–H and O–H groups in total. The van der Waals surface area contributed by atoms with E-state index in [0.29, 0.717) is 5.92 Å². The van der Waals surface area contributed by atoms with Gasteiger partial charge in [-0.15, -0.1) is 0 Å². The molecule has 3 unspecified atom stereocenters. The summed E-state index contributed by atoms with van der Waals surface area (Å²) < 4.78 is 0. The molecule has 0 aromatic heterocycles. The van der Waals surface area contributed by atoms with Crippen molar-refractivity contribution < 1.29 is 0 Å². The Bertz CT molecular complexity index is 320. The summed E-state index contributed by atoms with van der Waals surface area (Å²) in [6.45, 7) is 7.02. The van der Waals surface area contributed by atoms with Crippen LogP contribution in [-0.4, -0.2) is 13.1 Å². The van der Waals surface area contributed by atoms with Crippen molar-refractivity contribution in [1.82, 2.24) is 5.32 Å². The monoisotopic (exact) mass is 231 g/mol. The Kier molecular flexibility index (Phi) is 4.61. The lowest BCUT2D eigenvalue weighted by atomic mass is 9.97. The van der Waals surface area contributed by atoms with E-state index in [2.05, 4.69) is 49.5 Å². The van der Waals surface area contributed by atoms with E-state index in [0.717, 1.165) is 18.4 Å². The summed E-state index contributed by atoms with van der Waals surface area (Å²) in [5.41, 5.74) is 1.44. The number of hydrogen-bond acceptors (Lipinski definition) is 1. The van der Waals surface area contributed by atoms with Crippen LogP contribution in [0.4, 0.5) is 0 Å². The highest BCUT2D eigenvalue weighted by Crippen LogP contribution is 2.30. The minimum Gasteiger partial charge on any atom is -0.316 e. The second-order valence-corrected chi connectivity index (χ2v) is 5.64. The third-order valence-corrected chi connectivity index (χ3v) is 4.26. The molecule has 0 bridgehead atoms. The molecule has 1 heteroatoms. The smallest absolute Gasteiger partial charge is 0.00176 e. The van der Waals surface area contributed by atoms with Gasteiger partial charge in [0.2, 0.25) is 0 Å². The van der Waals surface area contributed by atoms with Gasteiger partial charge in [0.1, 0.15) is 0 Å². The van der Waals surface area contributed by atoms with Gasteiger partial charge in [0.05, 0.1) is 0 Å². The maximum atomic E-state index is 3.66. The van der Waals surface area contributed by atoms with Gasteiger partial charge in [-0.2, -0.15) is 0 Å². The molecule has 0 saturated heterocycles. The molecule has 0 heterocycles. The van der Waals surface area contributed by atoms with Crippen molar-refractivity contribution in [1.29, 1.82) is 0 Å². The normalized spacial score (nSPS) is 26.0. The molecule has 1 nitrogen and oxygen atoms in total. The third kappa shape index (κ3) is 3.57. The van der Waals surface area contributed by atoms with Gasteiger partial charge in [0.15, 0.2) is 0 Å². The van der Waals surface area contributed by atoms with Crippen molar-refractivity contribution >= 4 is 0 Å². The second-order valence-electron chi connectivity index (χ2n) is 5.64. The lowest BCUT2D eigenvalue weighted by molar-refractivity contribution is 0.388. The zero-order valence-corrected chi connectivity index (χ0v) is 11.2. The van der Waals surface area contributed by atoms with Crippen molar-refractivity contribution in [2.24, 2.45) is 11.8 Å². The summed E-state index contributed by atoms with van der Waals surface area (Å²) in [5, 5.41) is 3.66. The third-order valence-electron chi connectivity index (χ3n) is 4.26. The minimum atomic E-state index is 0.618. The minimum absolute atomic E-state index is 0.618. The summed E-state index contributed by atoms with van der Waals surface area (Å²) in [6.07, 6.45) is 4.29. The van der Waals surface area contributed by atoms with Gasteiger partial charge in [-0.3, -0.25) is 0 Å². The van der Waals surface area contributed by atoms with Crippen LogP contribution in [0.1, 0.15) is 44.6 Å². The molecule has 1 fully saturated rings. The van der Waals surface area contributed by atoms with Crippen LogP contribution in [-0.2, 0) is 0 Å². The van der Waals surface area contributed by atoms with Gasteiger partial charge >= 0.3 is 0 Å². The molecule has 2 rings (SSSR count). The molecule has 17 heavy (non-hydrogen) atoms. The van der Waals surface area contributed by atoms with Crippen LogP contribution in [0.25, 0.3) is 0 Å². The number of hydrogen-bond donors (Lipinski definition) is 1. The molecule has 1 aromatic rings. The van der Waals surface area contributed by atoms with Crippen LogP contribution in [0, 0.1) is 11.8 Å². The Balaban J connectivity index is 1.71. The van der Waals surface area contributed by atoms with Crippen LogP contribution >= 0.6 is 0 Å². The van der Waals surface area contributed by atoms with Gasteiger partial charge in [-0.25, -0.2) is 0 Å². The first-order chi connectivity index (χ1) is 8.27. The maximum Gasteiger partial charge on any atom is 0.00176 e. The number of benzene rings is 1. The molecule has 1 saturated carbocycles. The quantitative estimate of drug-likeness (QED) is 0.812. The van der Waals surface area contributed by atoms with E-state index >= 15 is 0 Å². The van der Waals surface area contributed by atoms with E-state index in [1.807, 2.05) is 0 Å². The van der Waals surface area contributed by atoms with Gasteiger partial charge < -0.3 is 5.32 Å². The fourth-order valence-electron chi connectivity index (χ4n) is 2.91. The fraction of sp³-hybridized carbons (Fsp3) is 0.625. The highest BCUT2D eigenvalue weighted by Gasteiger charge is 2.22. The molecule has 0 aliphatic heterocycles. The van der Waals surface area contributed by atoms with Gasteiger partial charge in [0.25, 0.3) is 0 Å². The summed E-state index contributed by atoms with van der Waals surface area (Å²) in [7, 11) is 0. The van der Waals surface area contributed by atoms with E-state index in [4.69, 9.17) is 0 Å². The van der Waals surface area contributed by atoms with Gasteiger partial charge in [-0.1, -0.05) is 57.0 Å². The molecule has 0 spiro atoms. The summed E-state index contributed by atoms with van der Waals surface area (Å²) >= 11 is 0. The molecule has 0 radical (unpaired) electrons. The van der Waals surface area contributed by atoms with E-state index in [1.54, 1.807) is 0 Å². The lowest BCUT2D eigenvalue weighted by Gasteiger charge is -2.18. The predicted molar refractivity (Wildman–Crippen MR) is 74.2 cm³/mol. The van der Waals surface area contributed by atoms with E-state index in [1.165, 1.54) is 31.4 Å². The summed E-state index contributed by atoms with van der Waals surface area (Å²) in [5.74, 6) is 2.46. The first-order valence-corrected chi connectivity index (χ1v) is 7.03. The maximum absolute atomic E-state index is 3.66. The van der Waals surface area contributed by atoms with Crippen LogP contribution in [0.2, 0.25) is 0 Å². The molecule has 0 amide bonds. The van der Waals surface area contributed by atoms with Crippen LogP contribution in [0.3, 0.4) is 0 Å². The Morgan fingerprint density at radius 2 is 2.00 bits per heavy atom. The molecule has 1 aliphatic rings. The van der Waals surface area contributed by atoms with Crippen molar-refractivity contribution in [3.63, 3.8) is 0 Å². The predicted octanol–water partition coefficient (Wildman–Crippen LogP) is 3.82. The molecular weight excluding hydrogens is 206 g/mol. The second kappa shape index (κ2) is 6.20. The van der Waals surface area contributed by atoms with Crippen LogP contribution in [0.5, 0.6) is 0 Å². The highest BCUT2D eigenvalue weighted by atomic mass is 14.9. The summed E-state index contributed by atoms with van der Waals surface area (Å²) in [4.78, 5) is 0. The Labute approximate surface area is 106 Å². The number of rotatable bonds is 5. The van der Waals surface area contributed by atoms with Gasteiger partial charge in [-0.05, 0) is 36.3 Å². The molecule has 94 valence electrons. The van der Waals surface area contributed by atoms with Crippen LogP contribution < -0.4 is 5.32 Å².